The SMILES string of the molecule is CC1CC(NC(C)c2cc(O)ccc2O)C1. The Morgan fingerprint density at radius 3 is 2.62 bits per heavy atom. The van der Waals surface area contributed by atoms with Gasteiger partial charge in [0, 0.05) is 17.6 Å². The van der Waals surface area contributed by atoms with Crippen molar-refractivity contribution >= 4 is 0 Å². The van der Waals surface area contributed by atoms with Crippen LogP contribution in [0.2, 0.25) is 0 Å². The molecule has 3 nitrogen and oxygen atoms in total. The molecule has 1 unspecified atom stereocenters. The number of benzene rings is 1. The summed E-state index contributed by atoms with van der Waals surface area (Å²) in [6.45, 7) is 4.26. The molecule has 2 rings (SSSR count). The van der Waals surface area contributed by atoms with E-state index >= 15 is 0 Å². The second kappa shape index (κ2) is 4.34. The first-order valence-electron chi connectivity index (χ1n) is 5.84. The Morgan fingerprint density at radius 2 is 2.00 bits per heavy atom. The van der Waals surface area contributed by atoms with Crippen LogP contribution in [-0.4, -0.2) is 16.3 Å². The van der Waals surface area contributed by atoms with Crippen LogP contribution >= 0.6 is 0 Å². The summed E-state index contributed by atoms with van der Waals surface area (Å²) in [5.74, 6) is 1.25. The van der Waals surface area contributed by atoms with Crippen molar-refractivity contribution in [2.75, 3.05) is 0 Å². The minimum atomic E-state index is 0.0737. The summed E-state index contributed by atoms with van der Waals surface area (Å²) in [5, 5.41) is 22.6. The van der Waals surface area contributed by atoms with E-state index in [0.29, 0.717) is 6.04 Å². The second-order valence-corrected chi connectivity index (χ2v) is 4.90. The number of nitrogens with one attached hydrogen (secondary N) is 1. The molecule has 1 aliphatic carbocycles. The first kappa shape index (κ1) is 11.3. The van der Waals surface area contributed by atoms with Crippen molar-refractivity contribution in [3.8, 4) is 11.5 Å². The summed E-state index contributed by atoms with van der Waals surface area (Å²) in [4.78, 5) is 0. The van der Waals surface area contributed by atoms with Crippen molar-refractivity contribution in [1.29, 1.82) is 0 Å². The fraction of sp³-hybridized carbons (Fsp3) is 0.538. The molecule has 0 saturated heterocycles. The summed E-state index contributed by atoms with van der Waals surface area (Å²) in [7, 11) is 0. The van der Waals surface area contributed by atoms with Crippen LogP contribution in [0.15, 0.2) is 18.2 Å². The van der Waals surface area contributed by atoms with Gasteiger partial charge >= 0.3 is 0 Å². The summed E-state index contributed by atoms with van der Waals surface area (Å²) < 4.78 is 0. The van der Waals surface area contributed by atoms with E-state index in [1.54, 1.807) is 6.07 Å². The molecule has 1 fully saturated rings. The van der Waals surface area contributed by atoms with E-state index < -0.39 is 0 Å². The first-order chi connectivity index (χ1) is 7.56. The lowest BCUT2D eigenvalue weighted by Crippen LogP contribution is -2.41. The van der Waals surface area contributed by atoms with Gasteiger partial charge in [0.1, 0.15) is 11.5 Å². The fourth-order valence-electron chi connectivity index (χ4n) is 2.37. The maximum absolute atomic E-state index is 9.71. The predicted octanol–water partition coefficient (Wildman–Crippen LogP) is 2.55. The number of phenols is 2. The van der Waals surface area contributed by atoms with Crippen molar-refractivity contribution in [2.24, 2.45) is 5.92 Å². The Labute approximate surface area is 96.1 Å². The molecular weight excluding hydrogens is 202 g/mol. The number of aromatic hydroxyl groups is 2. The lowest BCUT2D eigenvalue weighted by molar-refractivity contribution is 0.225. The highest BCUT2D eigenvalue weighted by Crippen LogP contribution is 2.32. The minimum absolute atomic E-state index is 0.0737. The second-order valence-electron chi connectivity index (χ2n) is 4.90. The molecule has 0 bridgehead atoms. The highest BCUT2D eigenvalue weighted by Gasteiger charge is 2.27. The molecule has 0 radical (unpaired) electrons. The standard InChI is InChI=1S/C13H19NO2/c1-8-5-10(6-8)14-9(2)12-7-11(15)3-4-13(12)16/h3-4,7-10,14-16H,5-6H2,1-2H3. The van der Waals surface area contributed by atoms with Gasteiger partial charge in [-0.25, -0.2) is 0 Å². The molecule has 0 spiro atoms. The Kier molecular flexibility index (Phi) is 3.06. The van der Waals surface area contributed by atoms with Crippen LogP contribution in [0.25, 0.3) is 0 Å². The summed E-state index contributed by atoms with van der Waals surface area (Å²) in [6.07, 6.45) is 2.40. The molecule has 3 N–H and O–H groups in total. The lowest BCUT2D eigenvalue weighted by Gasteiger charge is -2.35. The molecule has 3 heteroatoms. The average Bonchev–Trinajstić information content (AvgIpc) is 2.19. The van der Waals surface area contributed by atoms with Crippen molar-refractivity contribution < 1.29 is 10.2 Å². The summed E-state index contributed by atoms with van der Waals surface area (Å²) >= 11 is 0. The zero-order chi connectivity index (χ0) is 11.7. The van der Waals surface area contributed by atoms with E-state index in [9.17, 15) is 10.2 Å². The monoisotopic (exact) mass is 221 g/mol. The third kappa shape index (κ3) is 2.30. The molecular formula is C13H19NO2. The Balaban J connectivity index is 2.02. The summed E-state index contributed by atoms with van der Waals surface area (Å²) in [5.41, 5.74) is 0.763. The fourth-order valence-corrected chi connectivity index (χ4v) is 2.37. The van der Waals surface area contributed by atoms with Gasteiger partial charge in [0.05, 0.1) is 0 Å². The quantitative estimate of drug-likeness (QED) is 0.687. The van der Waals surface area contributed by atoms with Gasteiger partial charge in [-0.05, 0) is 43.9 Å². The Bertz CT molecular complexity index is 372. The Morgan fingerprint density at radius 1 is 1.31 bits per heavy atom. The van der Waals surface area contributed by atoms with E-state index in [2.05, 4.69) is 12.2 Å². The van der Waals surface area contributed by atoms with Gasteiger partial charge in [-0.15, -0.1) is 0 Å². The van der Waals surface area contributed by atoms with Crippen molar-refractivity contribution in [1.82, 2.24) is 5.32 Å². The van der Waals surface area contributed by atoms with Crippen LogP contribution in [0.5, 0.6) is 11.5 Å². The van der Waals surface area contributed by atoms with E-state index in [1.165, 1.54) is 25.0 Å². The number of hydrogen-bond donors (Lipinski definition) is 3. The van der Waals surface area contributed by atoms with Gasteiger partial charge in [0.15, 0.2) is 0 Å². The van der Waals surface area contributed by atoms with Crippen LogP contribution in [0.4, 0.5) is 0 Å². The highest BCUT2D eigenvalue weighted by atomic mass is 16.3. The van der Waals surface area contributed by atoms with E-state index in [1.807, 2.05) is 6.92 Å². The molecule has 0 amide bonds. The molecule has 1 saturated carbocycles. The Hall–Kier alpha value is -1.22. The first-order valence-corrected chi connectivity index (χ1v) is 5.84. The number of rotatable bonds is 3. The van der Waals surface area contributed by atoms with Gasteiger partial charge in [-0.2, -0.15) is 0 Å². The highest BCUT2D eigenvalue weighted by molar-refractivity contribution is 5.40. The average molecular weight is 221 g/mol. The molecule has 88 valence electrons. The van der Waals surface area contributed by atoms with Crippen LogP contribution in [0.1, 0.15) is 38.3 Å². The summed E-state index contributed by atoms with van der Waals surface area (Å²) in [6, 6.07) is 5.27. The smallest absolute Gasteiger partial charge is 0.120 e. The van der Waals surface area contributed by atoms with Crippen LogP contribution in [-0.2, 0) is 0 Å². The van der Waals surface area contributed by atoms with Gasteiger partial charge in [-0.3, -0.25) is 0 Å². The molecule has 1 atom stereocenters. The molecule has 1 aliphatic rings. The van der Waals surface area contributed by atoms with E-state index in [0.717, 1.165) is 11.5 Å². The molecule has 0 aliphatic heterocycles. The van der Waals surface area contributed by atoms with Crippen molar-refractivity contribution in [3.05, 3.63) is 23.8 Å². The molecule has 1 aromatic carbocycles. The van der Waals surface area contributed by atoms with Gasteiger partial charge in [0.2, 0.25) is 0 Å². The maximum Gasteiger partial charge on any atom is 0.120 e. The van der Waals surface area contributed by atoms with Gasteiger partial charge in [0.25, 0.3) is 0 Å². The van der Waals surface area contributed by atoms with Crippen LogP contribution in [0, 0.1) is 5.92 Å². The number of phenolic OH excluding ortho intramolecular Hbond substituents is 2. The number of hydrogen-bond acceptors (Lipinski definition) is 3. The van der Waals surface area contributed by atoms with Crippen molar-refractivity contribution in [3.63, 3.8) is 0 Å². The normalized spacial score (nSPS) is 26.1. The zero-order valence-corrected chi connectivity index (χ0v) is 9.77. The van der Waals surface area contributed by atoms with Crippen molar-refractivity contribution in [2.45, 2.75) is 38.8 Å². The van der Waals surface area contributed by atoms with Crippen LogP contribution < -0.4 is 5.32 Å². The topological polar surface area (TPSA) is 52.5 Å². The van der Waals surface area contributed by atoms with E-state index in [4.69, 9.17) is 0 Å². The van der Waals surface area contributed by atoms with Crippen LogP contribution in [0.3, 0.4) is 0 Å². The van der Waals surface area contributed by atoms with Gasteiger partial charge < -0.3 is 15.5 Å². The third-order valence-corrected chi connectivity index (χ3v) is 3.34. The predicted molar refractivity (Wildman–Crippen MR) is 63.5 cm³/mol. The van der Waals surface area contributed by atoms with Gasteiger partial charge in [-0.1, -0.05) is 6.92 Å². The zero-order valence-electron chi connectivity index (χ0n) is 9.77. The molecule has 0 heterocycles. The maximum atomic E-state index is 9.71. The lowest BCUT2D eigenvalue weighted by atomic mass is 9.81. The molecule has 16 heavy (non-hydrogen) atoms. The third-order valence-electron chi connectivity index (χ3n) is 3.34. The minimum Gasteiger partial charge on any atom is -0.508 e. The largest absolute Gasteiger partial charge is 0.508 e. The van der Waals surface area contributed by atoms with E-state index in [-0.39, 0.29) is 17.5 Å². The molecule has 0 aromatic heterocycles. The molecule has 1 aromatic rings.